The van der Waals surface area contributed by atoms with Gasteiger partial charge in [0, 0.05) is 49.4 Å². The van der Waals surface area contributed by atoms with E-state index in [-0.39, 0.29) is 30.1 Å². The molecule has 5 rings (SSSR count). The van der Waals surface area contributed by atoms with Crippen LogP contribution in [0.1, 0.15) is 33.1 Å². The average molecular weight is 577 g/mol. The van der Waals surface area contributed by atoms with Gasteiger partial charge in [-0.1, -0.05) is 35.3 Å². The van der Waals surface area contributed by atoms with Gasteiger partial charge in [0.05, 0.1) is 21.1 Å². The molecule has 1 aliphatic rings. The molecular weight excluding hydrogens is 555 g/mol. The van der Waals surface area contributed by atoms with Crippen molar-refractivity contribution in [2.45, 2.75) is 24.7 Å². The fraction of sp³-hybridized carbons (Fsp3) is 0.250. The fourth-order valence-electron chi connectivity index (χ4n) is 5.01. The van der Waals surface area contributed by atoms with E-state index >= 15 is 0 Å². The van der Waals surface area contributed by atoms with Crippen molar-refractivity contribution in [2.24, 2.45) is 0 Å². The molecular formula is C28H22Cl2F4N4O. The van der Waals surface area contributed by atoms with E-state index in [1.54, 1.807) is 54.7 Å². The number of carbonyl (C=O) groups excluding carboxylic acids is 1. The smallest absolute Gasteiger partial charge is 0.335 e. The summed E-state index contributed by atoms with van der Waals surface area (Å²) in [4.78, 5) is 25.7. The van der Waals surface area contributed by atoms with Crippen molar-refractivity contribution < 1.29 is 22.4 Å². The molecule has 1 fully saturated rings. The van der Waals surface area contributed by atoms with Gasteiger partial charge in [-0.25, -0.2) is 9.37 Å². The van der Waals surface area contributed by atoms with Crippen molar-refractivity contribution in [3.05, 3.63) is 105 Å². The number of rotatable bonds is 5. The molecule has 2 aromatic heterocycles. The van der Waals surface area contributed by atoms with Crippen molar-refractivity contribution >= 4 is 40.0 Å². The summed E-state index contributed by atoms with van der Waals surface area (Å²) in [6.45, 7) is 0.837. The fourth-order valence-corrected chi connectivity index (χ4v) is 5.31. The number of fused-ring (bicyclic) bond motifs is 1. The SMILES string of the molecule is CN(Cc1ccc(C(F)(F)F)c(F)c1)[C@@H]1CN(C(=O)c2ccc3cnccc3n2)C[C@@H]1c1ccc(Cl)c(Cl)c1. The lowest BCUT2D eigenvalue weighted by atomic mass is 9.93. The minimum absolute atomic E-state index is 0.167. The minimum Gasteiger partial charge on any atom is -0.335 e. The predicted molar refractivity (Wildman–Crippen MR) is 141 cm³/mol. The van der Waals surface area contributed by atoms with Gasteiger partial charge in [0.2, 0.25) is 0 Å². The van der Waals surface area contributed by atoms with Crippen LogP contribution in [0, 0.1) is 5.82 Å². The molecule has 4 aromatic rings. The van der Waals surface area contributed by atoms with Crippen LogP contribution in [0.5, 0.6) is 0 Å². The summed E-state index contributed by atoms with van der Waals surface area (Å²) in [7, 11) is 1.79. The highest BCUT2D eigenvalue weighted by molar-refractivity contribution is 6.42. The first-order valence-corrected chi connectivity index (χ1v) is 12.8. The van der Waals surface area contributed by atoms with E-state index in [2.05, 4.69) is 9.97 Å². The number of amides is 1. The number of alkyl halides is 3. The Kier molecular flexibility index (Phi) is 7.50. The van der Waals surface area contributed by atoms with Crippen LogP contribution in [-0.2, 0) is 12.7 Å². The highest BCUT2D eigenvalue weighted by Gasteiger charge is 2.39. The third-order valence-electron chi connectivity index (χ3n) is 6.99. The highest BCUT2D eigenvalue weighted by Crippen LogP contribution is 2.36. The Morgan fingerprint density at radius 3 is 2.56 bits per heavy atom. The number of halogens is 6. The van der Waals surface area contributed by atoms with Gasteiger partial charge in [0.1, 0.15) is 11.5 Å². The number of likely N-dealkylation sites (tertiary alicyclic amines) is 1. The number of carbonyl (C=O) groups is 1. The van der Waals surface area contributed by atoms with Crippen molar-refractivity contribution in [3.8, 4) is 0 Å². The lowest BCUT2D eigenvalue weighted by Crippen LogP contribution is -2.38. The summed E-state index contributed by atoms with van der Waals surface area (Å²) in [6, 6.07) is 13.1. The van der Waals surface area contributed by atoms with Gasteiger partial charge in [-0.05, 0) is 60.6 Å². The van der Waals surface area contributed by atoms with Crippen molar-refractivity contribution in [1.82, 2.24) is 19.8 Å². The Hall–Kier alpha value is -3.27. The molecule has 11 heteroatoms. The van der Waals surface area contributed by atoms with Crippen molar-refractivity contribution in [2.75, 3.05) is 20.1 Å². The van der Waals surface area contributed by atoms with Gasteiger partial charge in [-0.3, -0.25) is 14.7 Å². The molecule has 3 heterocycles. The Morgan fingerprint density at radius 1 is 1.05 bits per heavy atom. The van der Waals surface area contributed by atoms with E-state index in [1.807, 2.05) is 11.0 Å². The number of hydrogen-bond donors (Lipinski definition) is 0. The maximum atomic E-state index is 14.2. The maximum Gasteiger partial charge on any atom is 0.419 e. The van der Waals surface area contributed by atoms with E-state index in [0.717, 1.165) is 23.1 Å². The van der Waals surface area contributed by atoms with E-state index < -0.39 is 17.6 Å². The second-order valence-electron chi connectivity index (χ2n) is 9.55. The van der Waals surface area contributed by atoms with Gasteiger partial charge in [-0.15, -0.1) is 0 Å². The third-order valence-corrected chi connectivity index (χ3v) is 7.73. The second kappa shape index (κ2) is 10.7. The summed E-state index contributed by atoms with van der Waals surface area (Å²) in [6.07, 6.45) is -1.50. The first-order valence-electron chi connectivity index (χ1n) is 12.0. The molecule has 0 unspecified atom stereocenters. The summed E-state index contributed by atoms with van der Waals surface area (Å²) in [5.74, 6) is -1.77. The summed E-state index contributed by atoms with van der Waals surface area (Å²) in [5.41, 5.74) is 0.862. The molecule has 5 nitrogen and oxygen atoms in total. The Bertz CT molecular complexity index is 1550. The number of hydrogen-bond acceptors (Lipinski definition) is 4. The second-order valence-corrected chi connectivity index (χ2v) is 10.4. The molecule has 0 spiro atoms. The molecule has 2 atom stereocenters. The van der Waals surface area contributed by atoms with Crippen LogP contribution in [0.25, 0.3) is 10.9 Å². The standard InChI is InChI=1S/C28H22Cl2F4N4O/c1-37(13-16-2-5-20(23(31)10-16)28(32,33)34)26-15-38(14-19(26)17-3-6-21(29)22(30)11-17)27(39)25-7-4-18-12-35-9-8-24(18)36-25/h2-12,19,26H,13-15H2,1H3/t19-,26-/m1/s1. The van der Waals surface area contributed by atoms with E-state index in [1.165, 1.54) is 6.07 Å². The normalized spacial score (nSPS) is 17.8. The van der Waals surface area contributed by atoms with Crippen LogP contribution in [-0.4, -0.2) is 51.9 Å². The first-order chi connectivity index (χ1) is 18.5. The third kappa shape index (κ3) is 5.71. The zero-order valence-electron chi connectivity index (χ0n) is 20.6. The monoisotopic (exact) mass is 576 g/mol. The zero-order valence-corrected chi connectivity index (χ0v) is 22.1. The van der Waals surface area contributed by atoms with Crippen molar-refractivity contribution in [1.29, 1.82) is 0 Å². The summed E-state index contributed by atoms with van der Waals surface area (Å²) >= 11 is 12.4. The highest BCUT2D eigenvalue weighted by atomic mass is 35.5. The number of likely N-dealkylation sites (N-methyl/N-ethyl adjacent to an activating group) is 1. The minimum atomic E-state index is -4.77. The summed E-state index contributed by atoms with van der Waals surface area (Å²) < 4.78 is 53.3. The van der Waals surface area contributed by atoms with Crippen LogP contribution >= 0.6 is 23.2 Å². The molecule has 39 heavy (non-hydrogen) atoms. The van der Waals surface area contributed by atoms with Gasteiger partial charge in [0.25, 0.3) is 5.91 Å². The number of nitrogens with zero attached hydrogens (tertiary/aromatic N) is 4. The average Bonchev–Trinajstić information content (AvgIpc) is 3.34. The largest absolute Gasteiger partial charge is 0.419 e. The van der Waals surface area contributed by atoms with Crippen LogP contribution in [0.3, 0.4) is 0 Å². The molecule has 202 valence electrons. The van der Waals surface area contributed by atoms with Crippen LogP contribution in [0.2, 0.25) is 10.0 Å². The van der Waals surface area contributed by atoms with Gasteiger partial charge in [0.15, 0.2) is 0 Å². The van der Waals surface area contributed by atoms with E-state index in [4.69, 9.17) is 23.2 Å². The topological polar surface area (TPSA) is 49.3 Å². The molecule has 0 radical (unpaired) electrons. The van der Waals surface area contributed by atoms with Crippen LogP contribution in [0.4, 0.5) is 17.6 Å². The molecule has 1 saturated heterocycles. The molecule has 0 bridgehead atoms. The maximum absolute atomic E-state index is 14.2. The van der Waals surface area contributed by atoms with Gasteiger partial charge in [-0.2, -0.15) is 13.2 Å². The summed E-state index contributed by atoms with van der Waals surface area (Å²) in [5, 5.41) is 1.58. The molecule has 0 N–H and O–H groups in total. The first kappa shape index (κ1) is 27.3. The quantitative estimate of drug-likeness (QED) is 0.244. The van der Waals surface area contributed by atoms with Crippen LogP contribution < -0.4 is 0 Å². The zero-order chi connectivity index (χ0) is 27.9. The molecule has 0 saturated carbocycles. The Balaban J connectivity index is 1.43. The Morgan fingerprint density at radius 2 is 1.85 bits per heavy atom. The van der Waals surface area contributed by atoms with E-state index in [9.17, 15) is 22.4 Å². The Labute approximate surface area is 232 Å². The van der Waals surface area contributed by atoms with Crippen molar-refractivity contribution in [3.63, 3.8) is 0 Å². The van der Waals surface area contributed by atoms with E-state index in [0.29, 0.717) is 34.2 Å². The molecule has 1 aliphatic heterocycles. The lowest BCUT2D eigenvalue weighted by Gasteiger charge is -2.29. The number of benzene rings is 2. The lowest BCUT2D eigenvalue weighted by molar-refractivity contribution is -0.140. The molecule has 0 aliphatic carbocycles. The predicted octanol–water partition coefficient (Wildman–Crippen LogP) is 6.83. The van der Waals surface area contributed by atoms with Gasteiger partial charge < -0.3 is 4.90 Å². The van der Waals surface area contributed by atoms with Crippen LogP contribution in [0.15, 0.2) is 67.0 Å². The number of pyridine rings is 2. The van der Waals surface area contributed by atoms with Gasteiger partial charge >= 0.3 is 6.18 Å². The number of aromatic nitrogens is 2. The molecule has 1 amide bonds. The molecule has 2 aromatic carbocycles.